The molecule has 1 unspecified atom stereocenters. The Morgan fingerprint density at radius 2 is 2.00 bits per heavy atom. The maximum atomic E-state index is 14.2. The van der Waals surface area contributed by atoms with E-state index in [2.05, 4.69) is 9.97 Å². The van der Waals surface area contributed by atoms with Gasteiger partial charge < -0.3 is 5.11 Å². The molecule has 0 radical (unpaired) electrons. The van der Waals surface area contributed by atoms with Crippen molar-refractivity contribution >= 4 is 5.97 Å². The lowest BCUT2D eigenvalue weighted by molar-refractivity contribution is -0.138. The molecule has 1 atom stereocenters. The summed E-state index contributed by atoms with van der Waals surface area (Å²) in [5, 5.41) is 9.35. The van der Waals surface area contributed by atoms with E-state index in [4.69, 9.17) is 0 Å². The Morgan fingerprint density at radius 3 is 2.60 bits per heavy atom. The molecular weight excluding hydrogens is 259 g/mol. The van der Waals surface area contributed by atoms with Crippen molar-refractivity contribution in [1.82, 2.24) is 9.97 Å². The zero-order chi connectivity index (χ0) is 14.5. The average molecular weight is 274 g/mol. The molecule has 0 bridgehead atoms. The molecule has 1 N–H and O–H groups in total. The van der Waals surface area contributed by atoms with E-state index in [9.17, 15) is 14.3 Å². The number of hydrogen-bond donors (Lipinski definition) is 1. The van der Waals surface area contributed by atoms with Crippen LogP contribution in [0, 0.1) is 5.82 Å². The fraction of sp³-hybridized carbons (Fsp3) is 0.267. The molecule has 4 nitrogen and oxygen atoms in total. The number of aryl methyl sites for hydroxylation is 1. The number of aromatic nitrogens is 2. The maximum absolute atomic E-state index is 14.2. The van der Waals surface area contributed by atoms with Crippen molar-refractivity contribution in [2.75, 3.05) is 0 Å². The average Bonchev–Trinajstić information content (AvgIpc) is 2.46. The second-order valence-corrected chi connectivity index (χ2v) is 4.45. The van der Waals surface area contributed by atoms with Gasteiger partial charge in [-0.1, -0.05) is 37.3 Å². The molecule has 104 valence electrons. The van der Waals surface area contributed by atoms with Gasteiger partial charge in [0, 0.05) is 0 Å². The molecule has 0 spiro atoms. The van der Waals surface area contributed by atoms with Crippen LogP contribution < -0.4 is 0 Å². The molecule has 0 amide bonds. The van der Waals surface area contributed by atoms with Gasteiger partial charge in [0.2, 0.25) is 0 Å². The Labute approximate surface area is 116 Å². The Bertz CT molecular complexity index is 602. The first kappa shape index (κ1) is 14.1. The van der Waals surface area contributed by atoms with Gasteiger partial charge in [0.15, 0.2) is 5.82 Å². The van der Waals surface area contributed by atoms with Crippen molar-refractivity contribution in [3.63, 3.8) is 0 Å². The molecule has 2 aromatic rings. The van der Waals surface area contributed by atoms with Gasteiger partial charge >= 0.3 is 5.97 Å². The molecule has 0 saturated heterocycles. The number of benzene rings is 1. The van der Waals surface area contributed by atoms with E-state index in [1.54, 1.807) is 6.92 Å². The Balaban J connectivity index is 2.37. The largest absolute Gasteiger partial charge is 0.481 e. The molecule has 0 aliphatic carbocycles. The number of carboxylic acids is 1. The molecular formula is C15H15FN2O2. The van der Waals surface area contributed by atoms with Crippen molar-refractivity contribution in [2.24, 2.45) is 0 Å². The van der Waals surface area contributed by atoms with E-state index in [-0.39, 0.29) is 17.8 Å². The number of aliphatic carboxylic acids is 1. The highest BCUT2D eigenvalue weighted by Crippen LogP contribution is 2.23. The van der Waals surface area contributed by atoms with Gasteiger partial charge in [0.05, 0.1) is 11.4 Å². The quantitative estimate of drug-likeness (QED) is 0.910. The van der Waals surface area contributed by atoms with E-state index >= 15 is 0 Å². The maximum Gasteiger partial charge on any atom is 0.313 e. The van der Waals surface area contributed by atoms with Crippen LogP contribution in [-0.4, -0.2) is 21.0 Å². The Hall–Kier alpha value is -2.30. The standard InChI is InChI=1S/C15H15FN2O2/c1-2-12-13(16)14(18-9-17-12)11(15(19)20)8-10-6-4-3-5-7-10/h3-7,9,11H,2,8H2,1H3,(H,19,20). The van der Waals surface area contributed by atoms with Gasteiger partial charge in [-0.2, -0.15) is 0 Å². The zero-order valence-electron chi connectivity index (χ0n) is 11.1. The zero-order valence-corrected chi connectivity index (χ0v) is 11.1. The molecule has 1 heterocycles. The lowest BCUT2D eigenvalue weighted by Gasteiger charge is -2.13. The van der Waals surface area contributed by atoms with Gasteiger partial charge in [-0.25, -0.2) is 14.4 Å². The second-order valence-electron chi connectivity index (χ2n) is 4.45. The first-order chi connectivity index (χ1) is 9.63. The molecule has 20 heavy (non-hydrogen) atoms. The highest BCUT2D eigenvalue weighted by molar-refractivity contribution is 5.76. The Morgan fingerprint density at radius 1 is 1.30 bits per heavy atom. The summed E-state index contributed by atoms with van der Waals surface area (Å²) in [6.45, 7) is 1.77. The van der Waals surface area contributed by atoms with Crippen molar-refractivity contribution < 1.29 is 14.3 Å². The first-order valence-electron chi connectivity index (χ1n) is 6.39. The summed E-state index contributed by atoms with van der Waals surface area (Å²) in [6.07, 6.45) is 1.82. The molecule has 0 fully saturated rings. The SMILES string of the molecule is CCc1ncnc(C(Cc2ccccc2)C(=O)O)c1F. The van der Waals surface area contributed by atoms with Crippen molar-refractivity contribution in [3.05, 3.63) is 59.4 Å². The highest BCUT2D eigenvalue weighted by atomic mass is 19.1. The monoisotopic (exact) mass is 274 g/mol. The number of rotatable bonds is 5. The summed E-state index contributed by atoms with van der Waals surface area (Å²) in [6, 6.07) is 9.12. The van der Waals surface area contributed by atoms with Gasteiger partial charge in [-0.15, -0.1) is 0 Å². The van der Waals surface area contributed by atoms with E-state index in [1.165, 1.54) is 6.33 Å². The normalized spacial score (nSPS) is 12.1. The predicted molar refractivity (Wildman–Crippen MR) is 71.9 cm³/mol. The number of carbonyl (C=O) groups is 1. The second kappa shape index (κ2) is 6.23. The summed E-state index contributed by atoms with van der Waals surface area (Å²) in [7, 11) is 0. The summed E-state index contributed by atoms with van der Waals surface area (Å²) in [5.41, 5.74) is 1.03. The fourth-order valence-corrected chi connectivity index (χ4v) is 2.06. The molecule has 5 heteroatoms. The summed E-state index contributed by atoms with van der Waals surface area (Å²) < 4.78 is 14.2. The molecule has 1 aromatic carbocycles. The molecule has 0 aliphatic rings. The third kappa shape index (κ3) is 2.99. The summed E-state index contributed by atoms with van der Waals surface area (Å²) in [4.78, 5) is 19.1. The van der Waals surface area contributed by atoms with E-state index in [0.717, 1.165) is 5.56 Å². The lowest BCUT2D eigenvalue weighted by Crippen LogP contribution is -2.18. The number of carboxylic acid groups (broad SMARTS) is 1. The molecule has 1 aromatic heterocycles. The van der Waals surface area contributed by atoms with E-state index < -0.39 is 17.7 Å². The van der Waals surface area contributed by atoms with Crippen LogP contribution in [0.3, 0.4) is 0 Å². The van der Waals surface area contributed by atoms with E-state index in [0.29, 0.717) is 6.42 Å². The van der Waals surface area contributed by atoms with Crippen molar-refractivity contribution in [3.8, 4) is 0 Å². The molecule has 2 rings (SSSR count). The minimum Gasteiger partial charge on any atom is -0.481 e. The van der Waals surface area contributed by atoms with Crippen LogP contribution in [-0.2, 0) is 17.6 Å². The van der Waals surface area contributed by atoms with Gasteiger partial charge in [0.25, 0.3) is 0 Å². The molecule has 0 saturated carbocycles. The van der Waals surface area contributed by atoms with Crippen molar-refractivity contribution in [2.45, 2.75) is 25.7 Å². The van der Waals surface area contributed by atoms with Crippen LogP contribution in [0.4, 0.5) is 4.39 Å². The smallest absolute Gasteiger partial charge is 0.313 e. The van der Waals surface area contributed by atoms with Gasteiger partial charge in [-0.05, 0) is 18.4 Å². The fourth-order valence-electron chi connectivity index (χ4n) is 2.06. The van der Waals surface area contributed by atoms with Crippen LogP contribution in [0.25, 0.3) is 0 Å². The van der Waals surface area contributed by atoms with Crippen molar-refractivity contribution in [1.29, 1.82) is 0 Å². The topological polar surface area (TPSA) is 63.1 Å². The molecule has 0 aliphatic heterocycles. The minimum atomic E-state index is -1.09. The van der Waals surface area contributed by atoms with E-state index in [1.807, 2.05) is 30.3 Å². The number of nitrogens with zero attached hydrogens (tertiary/aromatic N) is 2. The minimum absolute atomic E-state index is 0.0480. The summed E-state index contributed by atoms with van der Waals surface area (Å²) in [5.74, 6) is -2.71. The predicted octanol–water partition coefficient (Wildman–Crippen LogP) is 2.59. The van der Waals surface area contributed by atoms with Crippen LogP contribution >= 0.6 is 0 Å². The third-order valence-electron chi connectivity index (χ3n) is 3.13. The third-order valence-corrected chi connectivity index (χ3v) is 3.13. The number of hydrogen-bond acceptors (Lipinski definition) is 3. The van der Waals surface area contributed by atoms with Crippen LogP contribution in [0.15, 0.2) is 36.7 Å². The highest BCUT2D eigenvalue weighted by Gasteiger charge is 2.26. The van der Waals surface area contributed by atoms with Gasteiger partial charge in [-0.3, -0.25) is 4.79 Å². The first-order valence-corrected chi connectivity index (χ1v) is 6.39. The van der Waals surface area contributed by atoms with Crippen LogP contribution in [0.5, 0.6) is 0 Å². The summed E-state index contributed by atoms with van der Waals surface area (Å²) >= 11 is 0. The van der Waals surface area contributed by atoms with Crippen LogP contribution in [0.1, 0.15) is 29.8 Å². The van der Waals surface area contributed by atoms with Gasteiger partial charge in [0.1, 0.15) is 12.2 Å². The lowest BCUT2D eigenvalue weighted by atomic mass is 9.95. The Kier molecular flexibility index (Phi) is 4.40. The number of halogens is 1. The van der Waals surface area contributed by atoms with Crippen LogP contribution in [0.2, 0.25) is 0 Å².